The van der Waals surface area contributed by atoms with Crippen LogP contribution in [0.1, 0.15) is 5.56 Å². The Bertz CT molecular complexity index is 1170. The van der Waals surface area contributed by atoms with Gasteiger partial charge in [0.1, 0.15) is 11.6 Å². The summed E-state index contributed by atoms with van der Waals surface area (Å²) >= 11 is 0. The molecule has 0 unspecified atom stereocenters. The number of phenols is 1. The molecule has 0 saturated heterocycles. The fourth-order valence-corrected chi connectivity index (χ4v) is 3.16. The first kappa shape index (κ1) is 17.9. The summed E-state index contributed by atoms with van der Waals surface area (Å²) in [5, 5.41) is 13.5. The number of benzene rings is 2. The highest BCUT2D eigenvalue weighted by Crippen LogP contribution is 2.34. The molecular weight excluding hydrogens is 367 g/mol. The number of aryl methyl sites for hydroxylation is 1. The lowest BCUT2D eigenvalue weighted by Gasteiger charge is -2.10. The Morgan fingerprint density at radius 2 is 1.79 bits per heavy atom. The van der Waals surface area contributed by atoms with Gasteiger partial charge in [-0.3, -0.25) is 0 Å². The van der Waals surface area contributed by atoms with E-state index in [2.05, 4.69) is 10.3 Å². The van der Waals surface area contributed by atoms with Gasteiger partial charge in [0, 0.05) is 42.1 Å². The Balaban J connectivity index is 1.73. The van der Waals surface area contributed by atoms with E-state index in [1.807, 2.05) is 16.7 Å². The summed E-state index contributed by atoms with van der Waals surface area (Å²) < 4.78 is 40.9. The monoisotopic (exact) mass is 383 g/mol. The van der Waals surface area contributed by atoms with Gasteiger partial charge in [-0.15, -0.1) is 0 Å². The van der Waals surface area contributed by atoms with Crippen LogP contribution in [0.2, 0.25) is 0 Å². The summed E-state index contributed by atoms with van der Waals surface area (Å²) in [6.07, 6.45) is -2.72. The van der Waals surface area contributed by atoms with Crippen LogP contribution < -0.4 is 5.32 Å². The number of halogens is 3. The number of pyridine rings is 1. The van der Waals surface area contributed by atoms with Crippen molar-refractivity contribution in [2.45, 2.75) is 6.18 Å². The predicted molar refractivity (Wildman–Crippen MR) is 103 cm³/mol. The van der Waals surface area contributed by atoms with Crippen LogP contribution in [0, 0.1) is 0 Å². The molecule has 0 radical (unpaired) electrons. The van der Waals surface area contributed by atoms with Gasteiger partial charge in [-0.05, 0) is 35.9 Å². The second-order valence-electron chi connectivity index (χ2n) is 6.47. The average Bonchev–Trinajstić information content (AvgIpc) is 2.98. The molecule has 0 aliphatic heterocycles. The van der Waals surface area contributed by atoms with Crippen molar-refractivity contribution in [2.24, 2.45) is 7.05 Å². The maximum atomic E-state index is 13.0. The van der Waals surface area contributed by atoms with Crippen LogP contribution >= 0.6 is 0 Å². The molecule has 2 heterocycles. The number of hydrogen-bond donors (Lipinski definition) is 2. The standard InChI is InChI=1S/C21H16F3N3O/c1-27-18(13-4-2-5-15(8-13)21(22,23)24)9-14-12-25-20(11-19(14)27)26-16-6-3-7-17(28)10-16/h2-12,28H,1H3,(H,25,26). The Hall–Kier alpha value is -3.48. The van der Waals surface area contributed by atoms with Crippen molar-refractivity contribution in [3.63, 3.8) is 0 Å². The molecule has 2 N–H and O–H groups in total. The molecule has 0 atom stereocenters. The number of aromatic nitrogens is 2. The van der Waals surface area contributed by atoms with Gasteiger partial charge in [-0.2, -0.15) is 13.2 Å². The van der Waals surface area contributed by atoms with E-state index in [9.17, 15) is 18.3 Å². The first-order valence-corrected chi connectivity index (χ1v) is 8.50. The number of aromatic hydroxyl groups is 1. The van der Waals surface area contributed by atoms with Gasteiger partial charge in [0.2, 0.25) is 0 Å². The summed E-state index contributed by atoms with van der Waals surface area (Å²) in [7, 11) is 1.80. The normalized spacial score (nSPS) is 11.7. The smallest absolute Gasteiger partial charge is 0.416 e. The molecule has 4 nitrogen and oxygen atoms in total. The summed E-state index contributed by atoms with van der Waals surface area (Å²) in [5.74, 6) is 0.701. The van der Waals surface area contributed by atoms with E-state index in [1.54, 1.807) is 43.6 Å². The third-order valence-corrected chi connectivity index (χ3v) is 4.53. The number of anilines is 2. The van der Waals surface area contributed by atoms with E-state index in [-0.39, 0.29) is 5.75 Å². The van der Waals surface area contributed by atoms with E-state index in [0.717, 1.165) is 23.0 Å². The first-order valence-electron chi connectivity index (χ1n) is 8.50. The summed E-state index contributed by atoms with van der Waals surface area (Å²) in [6, 6.07) is 15.6. The van der Waals surface area contributed by atoms with Gasteiger partial charge in [-0.25, -0.2) is 4.98 Å². The van der Waals surface area contributed by atoms with Gasteiger partial charge in [0.05, 0.1) is 11.1 Å². The van der Waals surface area contributed by atoms with E-state index in [1.165, 1.54) is 6.07 Å². The lowest BCUT2D eigenvalue weighted by molar-refractivity contribution is -0.137. The van der Waals surface area contributed by atoms with Crippen molar-refractivity contribution in [2.75, 3.05) is 5.32 Å². The Morgan fingerprint density at radius 3 is 2.54 bits per heavy atom. The Kier molecular flexibility index (Phi) is 4.22. The van der Waals surface area contributed by atoms with E-state index < -0.39 is 11.7 Å². The van der Waals surface area contributed by atoms with Crippen LogP contribution in [0.25, 0.3) is 22.2 Å². The van der Waals surface area contributed by atoms with E-state index in [0.29, 0.717) is 22.8 Å². The molecule has 0 amide bonds. The lowest BCUT2D eigenvalue weighted by atomic mass is 10.1. The molecule has 2 aromatic heterocycles. The predicted octanol–water partition coefficient (Wildman–Crippen LogP) is 5.71. The van der Waals surface area contributed by atoms with Crippen LogP contribution in [0.5, 0.6) is 5.75 Å². The Morgan fingerprint density at radius 1 is 1.00 bits per heavy atom. The second kappa shape index (κ2) is 6.60. The molecule has 4 aromatic rings. The number of nitrogens with one attached hydrogen (secondary N) is 1. The largest absolute Gasteiger partial charge is 0.508 e. The minimum absolute atomic E-state index is 0.136. The molecule has 0 fully saturated rings. The highest BCUT2D eigenvalue weighted by atomic mass is 19.4. The number of nitrogens with zero attached hydrogens (tertiary/aromatic N) is 2. The molecule has 7 heteroatoms. The van der Waals surface area contributed by atoms with E-state index >= 15 is 0 Å². The Labute approximate surface area is 158 Å². The van der Waals surface area contributed by atoms with Crippen LogP contribution in [-0.2, 0) is 13.2 Å². The fourth-order valence-electron chi connectivity index (χ4n) is 3.16. The summed E-state index contributed by atoms with van der Waals surface area (Å²) in [6.45, 7) is 0. The minimum atomic E-state index is -4.39. The van der Waals surface area contributed by atoms with Crippen molar-refractivity contribution in [1.82, 2.24) is 9.55 Å². The van der Waals surface area contributed by atoms with Gasteiger partial charge >= 0.3 is 6.18 Å². The van der Waals surface area contributed by atoms with Gasteiger partial charge in [0.15, 0.2) is 0 Å². The lowest BCUT2D eigenvalue weighted by Crippen LogP contribution is -2.04. The van der Waals surface area contributed by atoms with Crippen molar-refractivity contribution >= 4 is 22.4 Å². The molecule has 142 valence electrons. The van der Waals surface area contributed by atoms with Crippen molar-refractivity contribution in [3.8, 4) is 17.0 Å². The second-order valence-corrected chi connectivity index (χ2v) is 6.47. The number of alkyl halides is 3. The number of phenolic OH excluding ortho intramolecular Hbond substituents is 1. The third-order valence-electron chi connectivity index (χ3n) is 4.53. The number of fused-ring (bicyclic) bond motifs is 1. The molecule has 0 saturated carbocycles. The molecule has 0 bridgehead atoms. The highest BCUT2D eigenvalue weighted by Gasteiger charge is 2.30. The molecule has 0 spiro atoms. The summed E-state index contributed by atoms with van der Waals surface area (Å²) in [4.78, 5) is 4.35. The zero-order valence-corrected chi connectivity index (χ0v) is 14.8. The number of hydrogen-bond acceptors (Lipinski definition) is 3. The zero-order valence-electron chi connectivity index (χ0n) is 14.8. The maximum absolute atomic E-state index is 13.0. The van der Waals surface area contributed by atoms with Crippen molar-refractivity contribution in [1.29, 1.82) is 0 Å². The summed E-state index contributed by atoms with van der Waals surface area (Å²) in [5.41, 5.74) is 1.97. The van der Waals surface area contributed by atoms with Crippen LogP contribution in [0.4, 0.5) is 24.7 Å². The number of rotatable bonds is 3. The van der Waals surface area contributed by atoms with Crippen molar-refractivity contribution < 1.29 is 18.3 Å². The highest BCUT2D eigenvalue weighted by molar-refractivity contribution is 5.88. The minimum Gasteiger partial charge on any atom is -0.508 e. The molecule has 0 aliphatic carbocycles. The average molecular weight is 383 g/mol. The third kappa shape index (κ3) is 3.38. The van der Waals surface area contributed by atoms with Crippen molar-refractivity contribution in [3.05, 3.63) is 72.4 Å². The fraction of sp³-hybridized carbons (Fsp3) is 0.0952. The van der Waals surface area contributed by atoms with Crippen LogP contribution in [0.15, 0.2) is 66.9 Å². The van der Waals surface area contributed by atoms with Crippen LogP contribution in [0.3, 0.4) is 0 Å². The molecular formula is C21H16F3N3O. The zero-order chi connectivity index (χ0) is 19.9. The molecule has 4 rings (SSSR count). The topological polar surface area (TPSA) is 50.1 Å². The first-order chi connectivity index (χ1) is 13.3. The van der Waals surface area contributed by atoms with Gasteiger partial charge in [0.25, 0.3) is 0 Å². The SMILES string of the molecule is Cn1c(-c2cccc(C(F)(F)F)c2)cc2cnc(Nc3cccc(O)c3)cc21. The maximum Gasteiger partial charge on any atom is 0.416 e. The van der Waals surface area contributed by atoms with E-state index in [4.69, 9.17) is 0 Å². The van der Waals surface area contributed by atoms with Gasteiger partial charge in [-0.1, -0.05) is 18.2 Å². The molecule has 28 heavy (non-hydrogen) atoms. The van der Waals surface area contributed by atoms with Gasteiger partial charge < -0.3 is 15.0 Å². The molecule has 0 aliphatic rings. The quantitative estimate of drug-likeness (QED) is 0.477. The van der Waals surface area contributed by atoms with Crippen LogP contribution in [-0.4, -0.2) is 14.7 Å². The molecule has 2 aromatic carbocycles.